The average Bonchev–Trinajstić information content (AvgIpc) is 2.75. The number of pyridine rings is 2. The van der Waals surface area contributed by atoms with Crippen LogP contribution in [0.1, 0.15) is 41.9 Å². The number of nitrogens with one attached hydrogen (secondary N) is 1. The van der Waals surface area contributed by atoms with Crippen LogP contribution in [0.2, 0.25) is 0 Å². The number of unbranched alkanes of at least 4 members (excludes halogenated alkanes) is 1. The predicted octanol–water partition coefficient (Wildman–Crippen LogP) is 4.54. The maximum absolute atomic E-state index is 9.70. The zero-order valence-electron chi connectivity index (χ0n) is 16.2. The Morgan fingerprint density at radius 2 is 2.00 bits per heavy atom. The number of aromatic nitrogens is 2. The van der Waals surface area contributed by atoms with Crippen LogP contribution in [-0.4, -0.2) is 33.0 Å². The summed E-state index contributed by atoms with van der Waals surface area (Å²) >= 11 is 0. The third-order valence-corrected chi connectivity index (χ3v) is 5.14. The van der Waals surface area contributed by atoms with E-state index in [2.05, 4.69) is 45.8 Å². The first-order valence-corrected chi connectivity index (χ1v) is 9.94. The highest BCUT2D eigenvalue weighted by Crippen LogP contribution is 2.32. The van der Waals surface area contributed by atoms with E-state index in [1.165, 1.54) is 16.9 Å². The molecule has 3 N–H and O–H groups in total. The predicted molar refractivity (Wildman–Crippen MR) is 116 cm³/mol. The highest BCUT2D eigenvalue weighted by Gasteiger charge is 2.14. The van der Waals surface area contributed by atoms with E-state index in [4.69, 9.17) is 10.2 Å². The molecule has 1 aliphatic rings. The van der Waals surface area contributed by atoms with Crippen molar-refractivity contribution >= 4 is 28.9 Å². The van der Waals surface area contributed by atoms with Gasteiger partial charge in [0.25, 0.3) is 0 Å². The van der Waals surface area contributed by atoms with Crippen molar-refractivity contribution in [3.05, 3.63) is 65.1 Å². The Bertz CT molecular complexity index is 1080. The molecule has 6 nitrogen and oxygen atoms in total. The number of aromatic hydroxyl groups is 1. The summed E-state index contributed by atoms with van der Waals surface area (Å²) in [6.07, 6.45) is 10.3. The van der Waals surface area contributed by atoms with Crippen LogP contribution in [0.4, 0.5) is 5.69 Å². The van der Waals surface area contributed by atoms with Crippen molar-refractivity contribution < 1.29 is 10.3 Å². The molecule has 29 heavy (non-hydrogen) atoms. The minimum Gasteiger partial charge on any atom is -0.506 e. The summed E-state index contributed by atoms with van der Waals surface area (Å²) in [7, 11) is 0. The highest BCUT2D eigenvalue weighted by molar-refractivity contribution is 5.96. The summed E-state index contributed by atoms with van der Waals surface area (Å²) < 4.78 is 0. The number of hydrogen-bond donors (Lipinski definition) is 3. The molecule has 0 aliphatic heterocycles. The number of benzene rings is 1. The Labute approximate surface area is 169 Å². The molecule has 0 atom stereocenters. The Kier molecular flexibility index (Phi) is 5.70. The van der Waals surface area contributed by atoms with Gasteiger partial charge in [-0.05, 0) is 50.3 Å². The maximum Gasteiger partial charge on any atom is 0.142 e. The molecule has 1 aliphatic carbocycles. The van der Waals surface area contributed by atoms with E-state index in [-0.39, 0.29) is 11.4 Å². The summed E-state index contributed by atoms with van der Waals surface area (Å²) in [4.78, 5) is 9.16. The van der Waals surface area contributed by atoms with Crippen LogP contribution in [0.15, 0.2) is 47.6 Å². The molecule has 1 aromatic carbocycles. The number of anilines is 1. The lowest BCUT2D eigenvalue weighted by Gasteiger charge is -2.18. The van der Waals surface area contributed by atoms with E-state index in [1.807, 2.05) is 6.07 Å². The number of oxime groups is 1. The molecule has 0 saturated carbocycles. The van der Waals surface area contributed by atoms with Crippen molar-refractivity contribution in [2.24, 2.45) is 5.16 Å². The fourth-order valence-electron chi connectivity index (χ4n) is 3.70. The van der Waals surface area contributed by atoms with Crippen LogP contribution in [0.5, 0.6) is 5.75 Å². The van der Waals surface area contributed by atoms with E-state index in [0.717, 1.165) is 61.5 Å². The van der Waals surface area contributed by atoms with Gasteiger partial charge in [-0.3, -0.25) is 4.98 Å². The minimum atomic E-state index is 0.00982. The van der Waals surface area contributed by atoms with Crippen molar-refractivity contribution in [3.63, 3.8) is 0 Å². The monoisotopic (exact) mass is 388 g/mol. The van der Waals surface area contributed by atoms with Crippen LogP contribution >= 0.6 is 0 Å². The normalized spacial score (nSPS) is 13.1. The molecule has 0 radical (unpaired) electrons. The van der Waals surface area contributed by atoms with Crippen molar-refractivity contribution in [3.8, 4) is 5.75 Å². The zero-order chi connectivity index (χ0) is 20.1. The van der Waals surface area contributed by atoms with E-state index in [1.54, 1.807) is 12.1 Å². The second-order valence-electron chi connectivity index (χ2n) is 7.14. The van der Waals surface area contributed by atoms with Gasteiger partial charge in [-0.25, -0.2) is 4.98 Å². The number of para-hydroxylation sites is 1. The number of aryl methyl sites for hydroxylation is 2. The van der Waals surface area contributed by atoms with Crippen LogP contribution in [0.3, 0.4) is 0 Å². The molecule has 2 aromatic heterocycles. The van der Waals surface area contributed by atoms with Crippen LogP contribution in [0, 0.1) is 0 Å². The molecule has 3 aromatic rings. The molecule has 0 bridgehead atoms. The van der Waals surface area contributed by atoms with Crippen molar-refractivity contribution in [2.75, 3.05) is 11.9 Å². The zero-order valence-corrected chi connectivity index (χ0v) is 16.2. The molecular formula is C23H24N4O2. The van der Waals surface area contributed by atoms with Gasteiger partial charge in [0.15, 0.2) is 0 Å². The fourth-order valence-corrected chi connectivity index (χ4v) is 3.70. The van der Waals surface area contributed by atoms with Gasteiger partial charge in [0.05, 0.1) is 23.1 Å². The molecule has 148 valence electrons. The van der Waals surface area contributed by atoms with E-state index in [0.29, 0.717) is 0 Å². The fraction of sp³-hybridized carbons (Fsp3) is 0.261. The highest BCUT2D eigenvalue weighted by atomic mass is 16.4. The van der Waals surface area contributed by atoms with E-state index < -0.39 is 0 Å². The summed E-state index contributed by atoms with van der Waals surface area (Å²) in [5.74, 6) is 0.00982. The Morgan fingerprint density at radius 3 is 2.90 bits per heavy atom. The summed E-state index contributed by atoms with van der Waals surface area (Å²) in [6, 6.07) is 11.7. The summed E-state index contributed by atoms with van der Waals surface area (Å²) in [5.41, 5.74) is 5.74. The number of allylic oxidation sites excluding steroid dienone is 1. The lowest BCUT2D eigenvalue weighted by atomic mass is 9.98. The lowest BCUT2D eigenvalue weighted by molar-refractivity contribution is 0.321. The number of nitrogens with zero attached hydrogens (tertiary/aromatic N) is 3. The quantitative estimate of drug-likeness (QED) is 0.239. The second kappa shape index (κ2) is 8.73. The smallest absolute Gasteiger partial charge is 0.142 e. The molecule has 2 heterocycles. The van der Waals surface area contributed by atoms with Gasteiger partial charge in [0, 0.05) is 23.2 Å². The first-order chi connectivity index (χ1) is 14.3. The van der Waals surface area contributed by atoms with Crippen LogP contribution < -0.4 is 5.32 Å². The van der Waals surface area contributed by atoms with E-state index in [9.17, 15) is 5.11 Å². The molecule has 0 fully saturated rings. The molecule has 0 unspecified atom stereocenters. The average molecular weight is 388 g/mol. The second-order valence-corrected chi connectivity index (χ2v) is 7.14. The van der Waals surface area contributed by atoms with Gasteiger partial charge in [0.2, 0.25) is 0 Å². The lowest BCUT2D eigenvalue weighted by Crippen LogP contribution is -2.09. The van der Waals surface area contributed by atoms with Gasteiger partial charge in [-0.2, -0.15) is 0 Å². The molecule has 6 heteroatoms. The Morgan fingerprint density at radius 1 is 1.10 bits per heavy atom. The first-order valence-electron chi connectivity index (χ1n) is 9.94. The van der Waals surface area contributed by atoms with E-state index >= 15 is 0 Å². The molecular weight excluding hydrogens is 364 g/mol. The number of hydrogen-bond acceptors (Lipinski definition) is 6. The summed E-state index contributed by atoms with van der Waals surface area (Å²) in [6.45, 7) is 0.858. The van der Waals surface area contributed by atoms with Crippen LogP contribution in [-0.2, 0) is 12.8 Å². The minimum absolute atomic E-state index is 0.00982. The number of rotatable bonds is 7. The third kappa shape index (κ3) is 4.21. The molecule has 4 rings (SSSR count). The Balaban J connectivity index is 1.41. The third-order valence-electron chi connectivity index (χ3n) is 5.14. The van der Waals surface area contributed by atoms with Gasteiger partial charge in [-0.15, -0.1) is 0 Å². The van der Waals surface area contributed by atoms with Crippen LogP contribution in [0.25, 0.3) is 17.0 Å². The van der Waals surface area contributed by atoms with Gasteiger partial charge in [-0.1, -0.05) is 35.5 Å². The van der Waals surface area contributed by atoms with Gasteiger partial charge in [0.1, 0.15) is 11.4 Å². The largest absolute Gasteiger partial charge is 0.506 e. The van der Waals surface area contributed by atoms with Crippen molar-refractivity contribution in [1.29, 1.82) is 0 Å². The van der Waals surface area contributed by atoms with Crippen molar-refractivity contribution in [2.45, 2.75) is 32.1 Å². The van der Waals surface area contributed by atoms with Gasteiger partial charge < -0.3 is 15.6 Å². The maximum atomic E-state index is 9.70. The molecule has 0 amide bonds. The summed E-state index contributed by atoms with van der Waals surface area (Å²) in [5, 5.41) is 26.1. The first kappa shape index (κ1) is 18.9. The van der Waals surface area contributed by atoms with Gasteiger partial charge >= 0.3 is 0 Å². The number of fused-ring (bicyclic) bond motifs is 2. The molecule has 0 spiro atoms. The Hall–Kier alpha value is -3.41. The molecule has 0 saturated heterocycles. The van der Waals surface area contributed by atoms with Crippen molar-refractivity contribution in [1.82, 2.24) is 9.97 Å². The topological polar surface area (TPSA) is 90.6 Å². The SMILES string of the molecule is O/N=C/c1nc(CCCCNc2c3c(nc4ccccc24)CCC=C3)ccc1O. The standard InChI is InChI=1S/C23H24N4O2/c28-22-13-12-16(26-21(22)15-25-29)7-5-6-14-24-23-17-8-1-3-10-19(17)27-20-11-4-2-9-18(20)23/h1-3,8-10,12-13,15,28-29H,4-7,11,14H2,(H,24,27)/b25-15+.